The van der Waals surface area contributed by atoms with Gasteiger partial charge in [0.15, 0.2) is 11.6 Å². The minimum Gasteiger partial charge on any atom is -0.486 e. The lowest BCUT2D eigenvalue weighted by Crippen LogP contribution is -2.30. The number of benzene rings is 2. The Hall–Kier alpha value is -2.54. The highest BCUT2D eigenvalue weighted by molar-refractivity contribution is 5.93. The van der Waals surface area contributed by atoms with Crippen molar-refractivity contribution in [2.45, 2.75) is 6.61 Å². The third-order valence-corrected chi connectivity index (χ3v) is 2.72. The van der Waals surface area contributed by atoms with Crippen molar-refractivity contribution in [3.05, 3.63) is 65.0 Å². The molecule has 0 radical (unpaired) electrons. The summed E-state index contributed by atoms with van der Waals surface area (Å²) in [6.07, 6.45) is 0. The maximum Gasteiger partial charge on any atom is 0.265 e. The number of nitrogens with two attached hydrogens (primary N) is 1. The second-order valence-corrected chi connectivity index (χ2v) is 4.14. The Balaban J connectivity index is 2.17. The van der Waals surface area contributed by atoms with Crippen LogP contribution < -0.4 is 16.0 Å². The predicted octanol–water partition coefficient (Wildman–Crippen LogP) is 2.29. The van der Waals surface area contributed by atoms with Crippen molar-refractivity contribution < 1.29 is 22.7 Å². The molecule has 0 unspecified atom stereocenters. The highest BCUT2D eigenvalue weighted by Crippen LogP contribution is 2.20. The molecule has 3 N–H and O–H groups in total. The molecule has 21 heavy (non-hydrogen) atoms. The number of carbonyl (C=O) groups excluding carboxylic acids is 1. The second kappa shape index (κ2) is 6.27. The van der Waals surface area contributed by atoms with Gasteiger partial charge >= 0.3 is 0 Å². The minimum absolute atomic E-state index is 0.0415. The first kappa shape index (κ1) is 14.9. The summed E-state index contributed by atoms with van der Waals surface area (Å²) in [5, 5.41) is 0. The van der Waals surface area contributed by atoms with E-state index in [4.69, 9.17) is 10.6 Å². The summed E-state index contributed by atoms with van der Waals surface area (Å²) >= 11 is 0. The van der Waals surface area contributed by atoms with Gasteiger partial charge in [-0.15, -0.1) is 0 Å². The van der Waals surface area contributed by atoms with E-state index in [0.717, 1.165) is 18.2 Å². The van der Waals surface area contributed by atoms with Gasteiger partial charge in [-0.1, -0.05) is 0 Å². The van der Waals surface area contributed by atoms with Crippen LogP contribution in [0.25, 0.3) is 0 Å². The highest BCUT2D eigenvalue weighted by Gasteiger charge is 2.11. The van der Waals surface area contributed by atoms with E-state index in [1.807, 2.05) is 5.43 Å². The van der Waals surface area contributed by atoms with Gasteiger partial charge in [-0.3, -0.25) is 10.2 Å². The monoisotopic (exact) mass is 296 g/mol. The molecule has 2 aromatic carbocycles. The van der Waals surface area contributed by atoms with Crippen molar-refractivity contribution in [2.24, 2.45) is 5.84 Å². The Labute approximate surface area is 118 Å². The van der Waals surface area contributed by atoms with Crippen molar-refractivity contribution in [2.75, 3.05) is 0 Å². The number of hydrazine groups is 1. The highest BCUT2D eigenvalue weighted by atomic mass is 19.1. The molecular formula is C14H11F3N2O2. The van der Waals surface area contributed by atoms with Crippen molar-refractivity contribution in [3.63, 3.8) is 0 Å². The largest absolute Gasteiger partial charge is 0.486 e. The van der Waals surface area contributed by atoms with Crippen LogP contribution in [0.2, 0.25) is 0 Å². The minimum atomic E-state index is -0.897. The molecule has 0 aromatic heterocycles. The van der Waals surface area contributed by atoms with Gasteiger partial charge in [-0.25, -0.2) is 19.0 Å². The number of ether oxygens (including phenoxy) is 1. The number of halogens is 3. The van der Waals surface area contributed by atoms with Gasteiger partial charge in [0.05, 0.1) is 0 Å². The van der Waals surface area contributed by atoms with E-state index in [0.29, 0.717) is 6.07 Å². The Kier molecular flexibility index (Phi) is 4.44. The fourth-order valence-corrected chi connectivity index (χ4v) is 1.66. The average Bonchev–Trinajstić information content (AvgIpc) is 2.47. The number of nitrogen functional groups attached to an aromatic ring is 1. The third kappa shape index (κ3) is 3.51. The molecule has 0 spiro atoms. The van der Waals surface area contributed by atoms with Crippen LogP contribution in [0.4, 0.5) is 13.2 Å². The van der Waals surface area contributed by atoms with E-state index in [-0.39, 0.29) is 23.5 Å². The fourth-order valence-electron chi connectivity index (χ4n) is 1.66. The molecule has 0 bridgehead atoms. The van der Waals surface area contributed by atoms with Gasteiger partial charge in [0.1, 0.15) is 18.2 Å². The number of hydrogen-bond donors (Lipinski definition) is 2. The van der Waals surface area contributed by atoms with E-state index in [1.165, 1.54) is 12.1 Å². The first-order chi connectivity index (χ1) is 10.0. The van der Waals surface area contributed by atoms with Crippen LogP contribution in [0.5, 0.6) is 5.75 Å². The number of hydrogen-bond acceptors (Lipinski definition) is 3. The molecule has 4 nitrogen and oxygen atoms in total. The van der Waals surface area contributed by atoms with Gasteiger partial charge < -0.3 is 4.74 Å². The maximum absolute atomic E-state index is 13.6. The van der Waals surface area contributed by atoms with Gasteiger partial charge in [0.25, 0.3) is 5.91 Å². The Morgan fingerprint density at radius 3 is 2.52 bits per heavy atom. The lowest BCUT2D eigenvalue weighted by Gasteiger charge is -2.09. The summed E-state index contributed by atoms with van der Waals surface area (Å²) in [6.45, 7) is -0.319. The van der Waals surface area contributed by atoms with Crippen LogP contribution in [0.15, 0.2) is 36.4 Å². The number of amides is 1. The zero-order chi connectivity index (χ0) is 15.4. The summed E-state index contributed by atoms with van der Waals surface area (Å²) in [7, 11) is 0. The summed E-state index contributed by atoms with van der Waals surface area (Å²) in [5.41, 5.74) is 2.09. The molecule has 1 amide bonds. The topological polar surface area (TPSA) is 64.3 Å². The van der Waals surface area contributed by atoms with Crippen LogP contribution in [-0.4, -0.2) is 5.91 Å². The average molecular weight is 296 g/mol. The zero-order valence-electron chi connectivity index (χ0n) is 10.7. The fraction of sp³-hybridized carbons (Fsp3) is 0.0714. The Morgan fingerprint density at radius 2 is 1.86 bits per heavy atom. The summed E-state index contributed by atoms with van der Waals surface area (Å²) in [4.78, 5) is 11.3. The molecule has 2 rings (SSSR count). The quantitative estimate of drug-likeness (QED) is 0.517. The first-order valence-electron chi connectivity index (χ1n) is 5.88. The number of nitrogens with one attached hydrogen (secondary N) is 1. The number of carbonyl (C=O) groups is 1. The normalized spacial score (nSPS) is 10.3. The van der Waals surface area contributed by atoms with Crippen molar-refractivity contribution >= 4 is 5.91 Å². The number of rotatable bonds is 4. The summed E-state index contributed by atoms with van der Waals surface area (Å²) < 4.78 is 44.8. The third-order valence-electron chi connectivity index (χ3n) is 2.72. The van der Waals surface area contributed by atoms with E-state index in [1.54, 1.807) is 0 Å². The van der Waals surface area contributed by atoms with E-state index >= 15 is 0 Å². The molecule has 0 heterocycles. The maximum atomic E-state index is 13.6. The molecule has 2 aromatic rings. The van der Waals surface area contributed by atoms with Gasteiger partial charge in [-0.2, -0.15) is 0 Å². The molecule has 0 aliphatic carbocycles. The summed E-state index contributed by atoms with van der Waals surface area (Å²) in [5.74, 6) is 1.91. The Morgan fingerprint density at radius 1 is 1.10 bits per heavy atom. The van der Waals surface area contributed by atoms with Gasteiger partial charge in [-0.05, 0) is 30.3 Å². The van der Waals surface area contributed by atoms with Crippen LogP contribution in [0.1, 0.15) is 15.9 Å². The predicted molar refractivity (Wildman–Crippen MR) is 68.7 cm³/mol. The molecule has 0 atom stereocenters. The molecule has 0 saturated carbocycles. The zero-order valence-corrected chi connectivity index (χ0v) is 10.7. The van der Waals surface area contributed by atoms with Crippen molar-refractivity contribution in [3.8, 4) is 5.75 Å². The van der Waals surface area contributed by atoms with E-state index in [9.17, 15) is 18.0 Å². The van der Waals surface area contributed by atoms with E-state index < -0.39 is 23.4 Å². The molecule has 0 aliphatic heterocycles. The van der Waals surface area contributed by atoms with Crippen LogP contribution in [-0.2, 0) is 6.61 Å². The molecule has 0 aliphatic rings. The van der Waals surface area contributed by atoms with Gasteiger partial charge in [0, 0.05) is 17.2 Å². The van der Waals surface area contributed by atoms with Gasteiger partial charge in [0.2, 0.25) is 0 Å². The Bertz CT molecular complexity index is 677. The molecular weight excluding hydrogens is 285 g/mol. The van der Waals surface area contributed by atoms with Crippen LogP contribution in [0.3, 0.4) is 0 Å². The van der Waals surface area contributed by atoms with Crippen LogP contribution >= 0.6 is 0 Å². The molecule has 0 fully saturated rings. The van der Waals surface area contributed by atoms with Crippen molar-refractivity contribution in [1.82, 2.24) is 5.43 Å². The van der Waals surface area contributed by atoms with Crippen LogP contribution in [0, 0.1) is 17.5 Å². The first-order valence-corrected chi connectivity index (χ1v) is 5.88. The SMILES string of the molecule is NNC(=O)c1ccc(F)c(COc2ccc(F)cc2F)c1. The molecule has 0 saturated heterocycles. The molecule has 7 heteroatoms. The smallest absolute Gasteiger partial charge is 0.265 e. The van der Waals surface area contributed by atoms with Crippen molar-refractivity contribution in [1.29, 1.82) is 0 Å². The lowest BCUT2D eigenvalue weighted by molar-refractivity contribution is 0.0953. The van der Waals surface area contributed by atoms with E-state index in [2.05, 4.69) is 0 Å². The standard InChI is InChI=1S/C14H11F3N2O2/c15-10-2-4-13(12(17)6-10)21-7-9-5-8(14(20)19-18)1-3-11(9)16/h1-6H,7,18H2,(H,19,20). The summed E-state index contributed by atoms with van der Waals surface area (Å²) in [6, 6.07) is 6.33. The molecule has 110 valence electrons. The lowest BCUT2D eigenvalue weighted by atomic mass is 10.1. The second-order valence-electron chi connectivity index (χ2n) is 4.14.